The van der Waals surface area contributed by atoms with Crippen LogP contribution in [0.5, 0.6) is 0 Å². The Bertz CT molecular complexity index is 382. The molecule has 0 aromatic heterocycles. The first-order valence-corrected chi connectivity index (χ1v) is 5.60. The van der Waals surface area contributed by atoms with Gasteiger partial charge in [0.2, 0.25) is 0 Å². The number of esters is 1. The van der Waals surface area contributed by atoms with Crippen LogP contribution in [0.4, 0.5) is 4.39 Å². The Kier molecular flexibility index (Phi) is 4.87. The second-order valence-electron chi connectivity index (χ2n) is 3.51. The van der Waals surface area contributed by atoms with E-state index in [0.717, 1.165) is 18.9 Å². The zero-order valence-electron chi connectivity index (χ0n) is 10.4. The molecule has 4 nitrogen and oxygen atoms in total. The number of methoxy groups -OCH3 is 1. The third-order valence-electron chi connectivity index (χ3n) is 2.60. The van der Waals surface area contributed by atoms with Gasteiger partial charge in [0.05, 0.1) is 7.11 Å². The van der Waals surface area contributed by atoms with Crippen LogP contribution < -0.4 is 0 Å². The molecule has 0 amide bonds. The minimum Gasteiger partial charge on any atom is -0.465 e. The minimum absolute atomic E-state index is 0.130. The average molecular weight is 240 g/mol. The standard InChI is InChI=1S/C12H17FN2O2/c1-4-15(5-2)11-7-6-10(13)9(8-14-11)12(16)17-3/h6,8H,4-5,7H2,1-3H3. The summed E-state index contributed by atoms with van der Waals surface area (Å²) in [5.41, 5.74) is -0.130. The molecular formula is C12H17FN2O2. The van der Waals surface area contributed by atoms with Crippen LogP contribution in [0, 0.1) is 0 Å². The van der Waals surface area contributed by atoms with Gasteiger partial charge in [-0.2, -0.15) is 0 Å². The Morgan fingerprint density at radius 2 is 2.18 bits per heavy atom. The van der Waals surface area contributed by atoms with Crippen molar-refractivity contribution in [2.45, 2.75) is 20.3 Å². The van der Waals surface area contributed by atoms with Crippen molar-refractivity contribution in [2.24, 2.45) is 4.99 Å². The van der Waals surface area contributed by atoms with Crippen molar-refractivity contribution in [3.63, 3.8) is 0 Å². The van der Waals surface area contributed by atoms with Gasteiger partial charge in [0.1, 0.15) is 17.2 Å². The topological polar surface area (TPSA) is 41.9 Å². The first-order chi connectivity index (χ1) is 8.13. The first-order valence-electron chi connectivity index (χ1n) is 5.60. The number of rotatable bonds is 3. The second-order valence-corrected chi connectivity index (χ2v) is 3.51. The monoisotopic (exact) mass is 240 g/mol. The summed E-state index contributed by atoms with van der Waals surface area (Å²) in [7, 11) is 1.22. The van der Waals surface area contributed by atoms with Crippen LogP contribution in [-0.2, 0) is 9.53 Å². The van der Waals surface area contributed by atoms with E-state index in [0.29, 0.717) is 6.42 Å². The maximum Gasteiger partial charge on any atom is 0.342 e. The number of hydrogen-bond acceptors (Lipinski definition) is 4. The summed E-state index contributed by atoms with van der Waals surface area (Å²) in [5.74, 6) is -0.532. The van der Waals surface area contributed by atoms with Crippen LogP contribution in [0.1, 0.15) is 20.3 Å². The molecule has 0 saturated carbocycles. The molecule has 0 aromatic carbocycles. The van der Waals surface area contributed by atoms with E-state index in [2.05, 4.69) is 9.73 Å². The van der Waals surface area contributed by atoms with Gasteiger partial charge in [-0.25, -0.2) is 14.2 Å². The zero-order valence-corrected chi connectivity index (χ0v) is 10.4. The Morgan fingerprint density at radius 3 is 2.71 bits per heavy atom. The summed E-state index contributed by atoms with van der Waals surface area (Å²) < 4.78 is 18.1. The highest BCUT2D eigenvalue weighted by molar-refractivity contribution is 5.94. The number of carbonyl (C=O) groups excluding carboxylic acids is 1. The summed E-state index contributed by atoms with van der Waals surface area (Å²) in [6.07, 6.45) is 2.97. The number of ether oxygens (including phenoxy) is 1. The van der Waals surface area contributed by atoms with E-state index in [4.69, 9.17) is 0 Å². The van der Waals surface area contributed by atoms with Gasteiger partial charge in [0.25, 0.3) is 0 Å². The van der Waals surface area contributed by atoms with Crippen molar-refractivity contribution in [1.29, 1.82) is 0 Å². The first kappa shape index (κ1) is 13.4. The molecule has 1 aliphatic rings. The average Bonchev–Trinajstić information content (AvgIpc) is 2.53. The molecule has 0 aliphatic carbocycles. The van der Waals surface area contributed by atoms with E-state index >= 15 is 0 Å². The van der Waals surface area contributed by atoms with Crippen molar-refractivity contribution in [3.05, 3.63) is 23.7 Å². The van der Waals surface area contributed by atoms with Crippen molar-refractivity contribution in [1.82, 2.24) is 4.90 Å². The highest BCUT2D eigenvalue weighted by atomic mass is 19.1. The van der Waals surface area contributed by atoms with Crippen molar-refractivity contribution < 1.29 is 13.9 Å². The number of carbonyl (C=O) groups is 1. The van der Waals surface area contributed by atoms with Crippen LogP contribution in [0.3, 0.4) is 0 Å². The molecule has 0 fully saturated rings. The van der Waals surface area contributed by atoms with Crippen LogP contribution in [0.2, 0.25) is 0 Å². The Hall–Kier alpha value is -1.65. The fourth-order valence-electron chi connectivity index (χ4n) is 1.60. The van der Waals surface area contributed by atoms with Crippen LogP contribution in [0.25, 0.3) is 0 Å². The van der Waals surface area contributed by atoms with Gasteiger partial charge in [-0.3, -0.25) is 0 Å². The van der Waals surface area contributed by atoms with E-state index in [9.17, 15) is 9.18 Å². The molecule has 0 bridgehead atoms. The Labute approximate surface area is 100 Å². The fourth-order valence-corrected chi connectivity index (χ4v) is 1.60. The van der Waals surface area contributed by atoms with Gasteiger partial charge in [-0.05, 0) is 19.9 Å². The highest BCUT2D eigenvalue weighted by Gasteiger charge is 2.18. The lowest BCUT2D eigenvalue weighted by molar-refractivity contribution is -0.135. The van der Waals surface area contributed by atoms with Gasteiger partial charge >= 0.3 is 5.97 Å². The molecule has 0 atom stereocenters. The van der Waals surface area contributed by atoms with Crippen molar-refractivity contribution in [3.8, 4) is 0 Å². The number of nitrogens with zero attached hydrogens (tertiary/aromatic N) is 2. The van der Waals surface area contributed by atoms with Crippen LogP contribution >= 0.6 is 0 Å². The Balaban J connectivity index is 2.99. The molecule has 0 unspecified atom stereocenters. The van der Waals surface area contributed by atoms with Gasteiger partial charge in [0, 0.05) is 25.7 Å². The maximum atomic E-state index is 13.6. The minimum atomic E-state index is -0.705. The largest absolute Gasteiger partial charge is 0.465 e. The Morgan fingerprint density at radius 1 is 1.53 bits per heavy atom. The molecule has 1 rings (SSSR count). The fraction of sp³-hybridized carbons (Fsp3) is 0.500. The van der Waals surface area contributed by atoms with E-state index < -0.39 is 11.8 Å². The summed E-state index contributed by atoms with van der Waals surface area (Å²) in [5, 5.41) is 0. The zero-order chi connectivity index (χ0) is 12.8. The molecule has 1 aliphatic heterocycles. The predicted octanol–water partition coefficient (Wildman–Crippen LogP) is 2.04. The lowest BCUT2D eigenvalue weighted by Crippen LogP contribution is -2.29. The summed E-state index contributed by atoms with van der Waals surface area (Å²) in [6.45, 7) is 5.60. The molecule has 0 radical (unpaired) electrons. The quantitative estimate of drug-likeness (QED) is 0.709. The van der Waals surface area contributed by atoms with Crippen LogP contribution in [-0.4, -0.2) is 36.9 Å². The summed E-state index contributed by atoms with van der Waals surface area (Å²) in [4.78, 5) is 17.5. The van der Waals surface area contributed by atoms with E-state index in [-0.39, 0.29) is 5.57 Å². The highest BCUT2D eigenvalue weighted by Crippen LogP contribution is 2.18. The maximum absolute atomic E-state index is 13.6. The number of halogens is 1. The third-order valence-corrected chi connectivity index (χ3v) is 2.60. The lowest BCUT2D eigenvalue weighted by atomic mass is 10.2. The second kappa shape index (κ2) is 6.18. The molecule has 1 heterocycles. The number of hydrogen-bond donors (Lipinski definition) is 0. The normalized spacial score (nSPS) is 15.4. The van der Waals surface area contributed by atoms with Gasteiger partial charge in [-0.1, -0.05) is 0 Å². The van der Waals surface area contributed by atoms with Crippen molar-refractivity contribution >= 4 is 11.8 Å². The molecule has 0 N–H and O–H groups in total. The molecule has 5 heteroatoms. The van der Waals surface area contributed by atoms with E-state index in [1.54, 1.807) is 0 Å². The smallest absolute Gasteiger partial charge is 0.342 e. The lowest BCUT2D eigenvalue weighted by Gasteiger charge is -2.21. The summed E-state index contributed by atoms with van der Waals surface area (Å²) in [6, 6.07) is 0. The molecule has 0 saturated heterocycles. The molecule has 17 heavy (non-hydrogen) atoms. The number of aliphatic imine (C=N–C) groups is 1. The van der Waals surface area contributed by atoms with Crippen molar-refractivity contribution in [2.75, 3.05) is 20.2 Å². The third kappa shape index (κ3) is 3.15. The molecule has 0 spiro atoms. The molecular weight excluding hydrogens is 223 g/mol. The van der Waals surface area contributed by atoms with Gasteiger partial charge in [-0.15, -0.1) is 0 Å². The van der Waals surface area contributed by atoms with E-state index in [1.807, 2.05) is 18.7 Å². The molecule has 94 valence electrons. The van der Waals surface area contributed by atoms with E-state index in [1.165, 1.54) is 19.4 Å². The van der Waals surface area contributed by atoms with Crippen LogP contribution in [0.15, 0.2) is 28.7 Å². The molecule has 0 aromatic rings. The SMILES string of the molecule is CCN(CC)C1=NC=C(C(=O)OC)C(F)=CC1. The predicted molar refractivity (Wildman–Crippen MR) is 64.3 cm³/mol. The number of amidine groups is 1. The summed E-state index contributed by atoms with van der Waals surface area (Å²) >= 11 is 0. The van der Waals surface area contributed by atoms with Gasteiger partial charge in [0.15, 0.2) is 0 Å². The van der Waals surface area contributed by atoms with Gasteiger partial charge < -0.3 is 9.64 Å².